The molecule has 1 aromatic rings. The van der Waals surface area contributed by atoms with Gasteiger partial charge in [-0.15, -0.1) is 0 Å². The number of hydrogen-bond acceptors (Lipinski definition) is 3. The molecule has 0 aliphatic carbocycles. The van der Waals surface area contributed by atoms with Crippen LogP contribution in [0.3, 0.4) is 0 Å². The Labute approximate surface area is 77.0 Å². The van der Waals surface area contributed by atoms with Gasteiger partial charge in [-0.3, -0.25) is 0 Å². The van der Waals surface area contributed by atoms with Gasteiger partial charge in [-0.2, -0.15) is 0 Å². The molecule has 1 aliphatic heterocycles. The van der Waals surface area contributed by atoms with E-state index < -0.39 is 0 Å². The lowest BCUT2D eigenvalue weighted by Gasteiger charge is -2.02. The average molecular weight is 177 g/mol. The second-order valence-corrected chi connectivity index (χ2v) is 2.84. The van der Waals surface area contributed by atoms with E-state index in [9.17, 15) is 0 Å². The van der Waals surface area contributed by atoms with Crippen LogP contribution in [0.25, 0.3) is 0 Å². The smallest absolute Gasteiger partial charge is 0.229 e. The van der Waals surface area contributed by atoms with Crippen molar-refractivity contribution < 1.29 is 9.57 Å². The van der Waals surface area contributed by atoms with Gasteiger partial charge in [0.1, 0.15) is 13.2 Å². The lowest BCUT2D eigenvalue weighted by molar-refractivity contribution is 0.170. The summed E-state index contributed by atoms with van der Waals surface area (Å²) in [7, 11) is 0. The summed E-state index contributed by atoms with van der Waals surface area (Å²) >= 11 is 0. The Bertz CT molecular complexity index is 295. The van der Waals surface area contributed by atoms with Crippen molar-refractivity contribution >= 4 is 5.90 Å². The highest BCUT2D eigenvalue weighted by molar-refractivity contribution is 5.76. The SMILES string of the molecule is c1ccc(COC2=NOCC2)cc1. The second kappa shape index (κ2) is 3.94. The van der Waals surface area contributed by atoms with Gasteiger partial charge in [0.25, 0.3) is 0 Å². The first kappa shape index (κ1) is 8.10. The highest BCUT2D eigenvalue weighted by Gasteiger charge is 2.08. The molecule has 0 fully saturated rings. The van der Waals surface area contributed by atoms with E-state index in [0.717, 1.165) is 12.0 Å². The Morgan fingerprint density at radius 1 is 1.31 bits per heavy atom. The Balaban J connectivity index is 1.86. The van der Waals surface area contributed by atoms with Gasteiger partial charge in [0.05, 0.1) is 6.42 Å². The van der Waals surface area contributed by atoms with Crippen molar-refractivity contribution in [1.29, 1.82) is 0 Å². The topological polar surface area (TPSA) is 30.8 Å². The zero-order valence-corrected chi connectivity index (χ0v) is 7.27. The summed E-state index contributed by atoms with van der Waals surface area (Å²) in [5, 5.41) is 3.75. The molecule has 0 atom stereocenters. The average Bonchev–Trinajstić information content (AvgIpc) is 2.69. The third kappa shape index (κ3) is 2.21. The molecule has 0 unspecified atom stereocenters. The van der Waals surface area contributed by atoms with Gasteiger partial charge in [-0.05, 0) is 5.56 Å². The van der Waals surface area contributed by atoms with E-state index in [1.54, 1.807) is 0 Å². The predicted octanol–water partition coefficient (Wildman–Crippen LogP) is 1.94. The van der Waals surface area contributed by atoms with Crippen molar-refractivity contribution in [3.05, 3.63) is 35.9 Å². The van der Waals surface area contributed by atoms with E-state index in [1.807, 2.05) is 30.3 Å². The van der Waals surface area contributed by atoms with Gasteiger partial charge in [0, 0.05) is 0 Å². The van der Waals surface area contributed by atoms with E-state index >= 15 is 0 Å². The molecule has 68 valence electrons. The van der Waals surface area contributed by atoms with Gasteiger partial charge < -0.3 is 9.57 Å². The Morgan fingerprint density at radius 3 is 2.85 bits per heavy atom. The number of rotatable bonds is 2. The van der Waals surface area contributed by atoms with E-state index in [1.165, 1.54) is 0 Å². The monoisotopic (exact) mass is 177 g/mol. The van der Waals surface area contributed by atoms with Crippen molar-refractivity contribution in [3.8, 4) is 0 Å². The Hall–Kier alpha value is -1.51. The molecular weight excluding hydrogens is 166 g/mol. The maximum atomic E-state index is 5.41. The minimum absolute atomic E-state index is 0.572. The summed E-state index contributed by atoms with van der Waals surface area (Å²) in [4.78, 5) is 4.81. The molecular formula is C10H11NO2. The summed E-state index contributed by atoms with van der Waals surface area (Å²) < 4.78 is 5.41. The fourth-order valence-electron chi connectivity index (χ4n) is 1.14. The molecule has 3 heteroatoms. The van der Waals surface area contributed by atoms with Crippen LogP contribution in [0.4, 0.5) is 0 Å². The number of benzene rings is 1. The molecule has 0 aromatic heterocycles. The van der Waals surface area contributed by atoms with Gasteiger partial charge in [-0.25, -0.2) is 0 Å². The molecule has 0 bridgehead atoms. The fourth-order valence-corrected chi connectivity index (χ4v) is 1.14. The quantitative estimate of drug-likeness (QED) is 0.691. The summed E-state index contributed by atoms with van der Waals surface area (Å²) in [6.45, 7) is 1.22. The zero-order valence-electron chi connectivity index (χ0n) is 7.27. The summed E-state index contributed by atoms with van der Waals surface area (Å²) in [5.41, 5.74) is 1.15. The van der Waals surface area contributed by atoms with Crippen molar-refractivity contribution in [3.63, 3.8) is 0 Å². The molecule has 0 amide bonds. The molecule has 0 saturated carbocycles. The number of ether oxygens (including phenoxy) is 1. The maximum Gasteiger partial charge on any atom is 0.229 e. The van der Waals surface area contributed by atoms with Crippen molar-refractivity contribution in [1.82, 2.24) is 0 Å². The van der Waals surface area contributed by atoms with Crippen molar-refractivity contribution in [2.75, 3.05) is 6.61 Å². The van der Waals surface area contributed by atoms with Crippen LogP contribution in [-0.2, 0) is 16.2 Å². The molecule has 1 heterocycles. The van der Waals surface area contributed by atoms with E-state index in [4.69, 9.17) is 9.57 Å². The third-order valence-corrected chi connectivity index (χ3v) is 1.82. The first-order chi connectivity index (χ1) is 6.45. The summed E-state index contributed by atoms with van der Waals surface area (Å²) in [5.74, 6) is 0.698. The molecule has 0 saturated heterocycles. The molecule has 0 radical (unpaired) electrons. The lowest BCUT2D eigenvalue weighted by Crippen LogP contribution is -2.01. The largest absolute Gasteiger partial charge is 0.474 e. The van der Waals surface area contributed by atoms with Crippen LogP contribution in [0, 0.1) is 0 Å². The Morgan fingerprint density at radius 2 is 2.15 bits per heavy atom. The molecule has 1 aromatic carbocycles. The molecule has 2 rings (SSSR count). The minimum Gasteiger partial charge on any atom is -0.474 e. The van der Waals surface area contributed by atoms with Crippen molar-refractivity contribution in [2.45, 2.75) is 13.0 Å². The first-order valence-corrected chi connectivity index (χ1v) is 4.31. The standard InChI is InChI=1S/C10H11NO2/c1-2-4-9(5-3-1)8-12-10-6-7-13-11-10/h1-5H,6-8H2. The molecule has 0 spiro atoms. The first-order valence-electron chi connectivity index (χ1n) is 4.31. The van der Waals surface area contributed by atoms with Gasteiger partial charge >= 0.3 is 0 Å². The van der Waals surface area contributed by atoms with Gasteiger partial charge in [-0.1, -0.05) is 35.5 Å². The van der Waals surface area contributed by atoms with Crippen molar-refractivity contribution in [2.24, 2.45) is 5.16 Å². The third-order valence-electron chi connectivity index (χ3n) is 1.82. The molecule has 13 heavy (non-hydrogen) atoms. The minimum atomic E-state index is 0.572. The van der Waals surface area contributed by atoms with Gasteiger partial charge in [0.15, 0.2) is 0 Å². The maximum absolute atomic E-state index is 5.41. The van der Waals surface area contributed by atoms with Crippen LogP contribution in [0.2, 0.25) is 0 Å². The number of oxime groups is 1. The predicted molar refractivity (Wildman–Crippen MR) is 49.2 cm³/mol. The van der Waals surface area contributed by atoms with E-state index in [0.29, 0.717) is 19.1 Å². The molecule has 1 aliphatic rings. The van der Waals surface area contributed by atoms with Gasteiger partial charge in [0.2, 0.25) is 5.90 Å². The highest BCUT2D eigenvalue weighted by Crippen LogP contribution is 2.06. The highest BCUT2D eigenvalue weighted by atomic mass is 16.7. The van der Waals surface area contributed by atoms with Crippen LogP contribution in [-0.4, -0.2) is 12.5 Å². The zero-order chi connectivity index (χ0) is 8.93. The lowest BCUT2D eigenvalue weighted by atomic mass is 10.2. The van der Waals surface area contributed by atoms with E-state index in [-0.39, 0.29) is 0 Å². The summed E-state index contributed by atoms with van der Waals surface area (Å²) in [6.07, 6.45) is 0.785. The fraction of sp³-hybridized carbons (Fsp3) is 0.300. The Kier molecular flexibility index (Phi) is 2.45. The number of hydrogen-bond donors (Lipinski definition) is 0. The van der Waals surface area contributed by atoms with E-state index in [2.05, 4.69) is 5.16 Å². The summed E-state index contributed by atoms with van der Waals surface area (Å²) in [6, 6.07) is 10.0. The number of nitrogens with zero attached hydrogens (tertiary/aromatic N) is 1. The van der Waals surface area contributed by atoms with Crippen LogP contribution in [0.5, 0.6) is 0 Å². The van der Waals surface area contributed by atoms with Crippen LogP contribution >= 0.6 is 0 Å². The normalized spacial score (nSPS) is 14.9. The molecule has 3 nitrogen and oxygen atoms in total. The molecule has 0 N–H and O–H groups in total. The van der Waals surface area contributed by atoms with Crippen LogP contribution in [0.1, 0.15) is 12.0 Å². The second-order valence-electron chi connectivity index (χ2n) is 2.84. The van der Waals surface area contributed by atoms with Crippen LogP contribution in [0.15, 0.2) is 35.5 Å². The van der Waals surface area contributed by atoms with Crippen LogP contribution < -0.4 is 0 Å².